The summed E-state index contributed by atoms with van der Waals surface area (Å²) in [5, 5.41) is 0. The molecule has 0 amide bonds. The number of nitrogens with zero attached hydrogens (tertiary/aromatic N) is 1. The molecule has 0 radical (unpaired) electrons. The van der Waals surface area contributed by atoms with Crippen LogP contribution in [0.15, 0.2) is 61.2 Å². The van der Waals surface area contributed by atoms with Crippen molar-refractivity contribution in [3.05, 3.63) is 72.3 Å². The molecule has 2 aromatic carbocycles. The van der Waals surface area contributed by atoms with Crippen molar-refractivity contribution in [1.29, 1.82) is 0 Å². The van der Waals surface area contributed by atoms with Crippen LogP contribution in [0.1, 0.15) is 18.1 Å². The molecule has 0 aliphatic carbocycles. The highest BCUT2D eigenvalue weighted by molar-refractivity contribution is 5.49. The summed E-state index contributed by atoms with van der Waals surface area (Å²) in [4.78, 5) is 2.36. The Labute approximate surface area is 109 Å². The van der Waals surface area contributed by atoms with Crippen molar-refractivity contribution in [2.24, 2.45) is 0 Å². The van der Waals surface area contributed by atoms with Crippen LogP contribution in [-0.4, -0.2) is 6.54 Å². The average Bonchev–Trinajstić information content (AvgIpc) is 2.46. The third kappa shape index (κ3) is 3.01. The molecule has 2 rings (SSSR count). The third-order valence-electron chi connectivity index (χ3n) is 3.09. The average molecular weight is 237 g/mol. The Morgan fingerprint density at radius 3 is 2.22 bits per heavy atom. The van der Waals surface area contributed by atoms with E-state index in [-0.39, 0.29) is 0 Å². The van der Waals surface area contributed by atoms with E-state index in [2.05, 4.69) is 73.0 Å². The molecule has 0 N–H and O–H groups in total. The summed E-state index contributed by atoms with van der Waals surface area (Å²) >= 11 is 0. The van der Waals surface area contributed by atoms with Gasteiger partial charge in [0.1, 0.15) is 0 Å². The molecule has 0 aliphatic heterocycles. The smallest absolute Gasteiger partial charge is 0.0429 e. The number of anilines is 1. The minimum atomic E-state index is 0.942. The van der Waals surface area contributed by atoms with Crippen LogP contribution in [0.3, 0.4) is 0 Å². The van der Waals surface area contributed by atoms with Crippen LogP contribution in [-0.2, 0) is 6.54 Å². The van der Waals surface area contributed by atoms with Crippen LogP contribution in [0, 0.1) is 0 Å². The van der Waals surface area contributed by atoms with E-state index in [1.165, 1.54) is 16.8 Å². The van der Waals surface area contributed by atoms with Crippen LogP contribution in [0.2, 0.25) is 0 Å². The number of para-hydroxylation sites is 1. The molecule has 1 heteroatoms. The molecule has 0 atom stereocenters. The van der Waals surface area contributed by atoms with Gasteiger partial charge in [-0.25, -0.2) is 0 Å². The second kappa shape index (κ2) is 6.06. The lowest BCUT2D eigenvalue weighted by Crippen LogP contribution is -2.21. The van der Waals surface area contributed by atoms with Crippen molar-refractivity contribution >= 4 is 11.8 Å². The predicted molar refractivity (Wildman–Crippen MR) is 79.7 cm³/mol. The maximum absolute atomic E-state index is 3.77. The fourth-order valence-corrected chi connectivity index (χ4v) is 2.00. The number of hydrogen-bond donors (Lipinski definition) is 0. The van der Waals surface area contributed by atoms with Gasteiger partial charge in [0.15, 0.2) is 0 Å². The van der Waals surface area contributed by atoms with Gasteiger partial charge in [-0.1, -0.05) is 55.1 Å². The molecule has 0 spiro atoms. The molecule has 0 aliphatic rings. The maximum Gasteiger partial charge on any atom is 0.0429 e. The first-order valence-corrected chi connectivity index (χ1v) is 6.35. The van der Waals surface area contributed by atoms with Gasteiger partial charge in [-0.15, -0.1) is 0 Å². The minimum Gasteiger partial charge on any atom is -0.367 e. The van der Waals surface area contributed by atoms with E-state index in [0.29, 0.717) is 0 Å². The highest BCUT2D eigenvalue weighted by Gasteiger charge is 2.04. The summed E-state index contributed by atoms with van der Waals surface area (Å²) in [7, 11) is 0. The van der Waals surface area contributed by atoms with E-state index < -0.39 is 0 Å². The van der Waals surface area contributed by atoms with Crippen LogP contribution >= 0.6 is 0 Å². The second-order valence-electron chi connectivity index (χ2n) is 4.30. The van der Waals surface area contributed by atoms with Crippen LogP contribution < -0.4 is 4.90 Å². The predicted octanol–water partition coefficient (Wildman–Crippen LogP) is 4.36. The number of rotatable bonds is 5. The monoisotopic (exact) mass is 237 g/mol. The van der Waals surface area contributed by atoms with Gasteiger partial charge in [-0.05, 0) is 30.2 Å². The van der Waals surface area contributed by atoms with Crippen LogP contribution in [0.4, 0.5) is 5.69 Å². The highest BCUT2D eigenvalue weighted by atomic mass is 15.1. The van der Waals surface area contributed by atoms with Gasteiger partial charge in [0.05, 0.1) is 0 Å². The number of benzene rings is 2. The zero-order valence-corrected chi connectivity index (χ0v) is 10.8. The molecule has 18 heavy (non-hydrogen) atoms. The van der Waals surface area contributed by atoms with Crippen molar-refractivity contribution in [3.63, 3.8) is 0 Å². The molecule has 0 heterocycles. The fraction of sp³-hybridized carbons (Fsp3) is 0.176. The van der Waals surface area contributed by atoms with E-state index in [9.17, 15) is 0 Å². The topological polar surface area (TPSA) is 3.24 Å². The Kier molecular flexibility index (Phi) is 4.19. The van der Waals surface area contributed by atoms with Crippen molar-refractivity contribution in [1.82, 2.24) is 0 Å². The van der Waals surface area contributed by atoms with E-state index in [1.807, 2.05) is 6.08 Å². The molecule has 0 bridgehead atoms. The van der Waals surface area contributed by atoms with Gasteiger partial charge in [0, 0.05) is 18.8 Å². The molecular formula is C17H19N. The second-order valence-corrected chi connectivity index (χ2v) is 4.30. The summed E-state index contributed by atoms with van der Waals surface area (Å²) in [5.74, 6) is 0. The quantitative estimate of drug-likeness (QED) is 0.747. The summed E-state index contributed by atoms with van der Waals surface area (Å²) < 4.78 is 0. The van der Waals surface area contributed by atoms with Crippen molar-refractivity contribution in [2.45, 2.75) is 13.5 Å². The zero-order chi connectivity index (χ0) is 12.8. The SMILES string of the molecule is C=Cc1ccc(CN(CC)c2ccccc2)cc1. The Balaban J connectivity index is 2.12. The van der Waals surface area contributed by atoms with Crippen LogP contribution in [0.5, 0.6) is 0 Å². The zero-order valence-electron chi connectivity index (χ0n) is 10.8. The fourth-order valence-electron chi connectivity index (χ4n) is 2.00. The van der Waals surface area contributed by atoms with Gasteiger partial charge < -0.3 is 4.90 Å². The van der Waals surface area contributed by atoms with Gasteiger partial charge in [0.25, 0.3) is 0 Å². The molecule has 2 aromatic rings. The number of hydrogen-bond acceptors (Lipinski definition) is 1. The molecule has 0 fully saturated rings. The van der Waals surface area contributed by atoms with E-state index >= 15 is 0 Å². The first-order chi connectivity index (χ1) is 8.83. The van der Waals surface area contributed by atoms with Gasteiger partial charge in [0.2, 0.25) is 0 Å². The van der Waals surface area contributed by atoms with E-state index in [1.54, 1.807) is 0 Å². The standard InChI is InChI=1S/C17H19N/c1-3-15-10-12-16(13-11-15)14-18(4-2)17-8-6-5-7-9-17/h3,5-13H,1,4,14H2,2H3. The van der Waals surface area contributed by atoms with Crippen molar-refractivity contribution < 1.29 is 0 Å². The normalized spacial score (nSPS) is 10.1. The summed E-state index contributed by atoms with van der Waals surface area (Å²) in [6, 6.07) is 19.1. The largest absolute Gasteiger partial charge is 0.367 e. The lowest BCUT2D eigenvalue weighted by molar-refractivity contribution is 0.832. The summed E-state index contributed by atoms with van der Waals surface area (Å²) in [6.07, 6.45) is 1.87. The lowest BCUT2D eigenvalue weighted by atomic mass is 10.1. The molecule has 1 nitrogen and oxygen atoms in total. The Morgan fingerprint density at radius 1 is 1.00 bits per heavy atom. The maximum atomic E-state index is 3.77. The first-order valence-electron chi connectivity index (χ1n) is 6.35. The van der Waals surface area contributed by atoms with Crippen molar-refractivity contribution in [3.8, 4) is 0 Å². The molecule has 92 valence electrons. The Bertz CT molecular complexity index is 485. The summed E-state index contributed by atoms with van der Waals surface area (Å²) in [6.45, 7) is 7.91. The van der Waals surface area contributed by atoms with Crippen molar-refractivity contribution in [2.75, 3.05) is 11.4 Å². The molecule has 0 saturated carbocycles. The minimum absolute atomic E-state index is 0.942. The van der Waals surface area contributed by atoms with Gasteiger partial charge in [-0.2, -0.15) is 0 Å². The Hall–Kier alpha value is -2.02. The molecular weight excluding hydrogens is 218 g/mol. The third-order valence-corrected chi connectivity index (χ3v) is 3.09. The summed E-state index contributed by atoms with van der Waals surface area (Å²) in [5.41, 5.74) is 3.76. The highest BCUT2D eigenvalue weighted by Crippen LogP contribution is 2.16. The lowest BCUT2D eigenvalue weighted by Gasteiger charge is -2.23. The molecule has 0 unspecified atom stereocenters. The Morgan fingerprint density at radius 2 is 1.67 bits per heavy atom. The van der Waals surface area contributed by atoms with E-state index in [4.69, 9.17) is 0 Å². The van der Waals surface area contributed by atoms with E-state index in [0.717, 1.165) is 13.1 Å². The van der Waals surface area contributed by atoms with Gasteiger partial charge >= 0.3 is 0 Å². The van der Waals surface area contributed by atoms with Crippen LogP contribution in [0.25, 0.3) is 6.08 Å². The molecule has 0 aromatic heterocycles. The molecule has 0 saturated heterocycles. The first kappa shape index (κ1) is 12.4. The van der Waals surface area contributed by atoms with Gasteiger partial charge in [-0.3, -0.25) is 0 Å².